The van der Waals surface area contributed by atoms with Crippen molar-refractivity contribution in [3.8, 4) is 0 Å². The van der Waals surface area contributed by atoms with Crippen LogP contribution in [0.5, 0.6) is 0 Å². The van der Waals surface area contributed by atoms with Gasteiger partial charge in [0, 0.05) is 48.6 Å². The van der Waals surface area contributed by atoms with Gasteiger partial charge in [0.1, 0.15) is 0 Å². The van der Waals surface area contributed by atoms with E-state index in [2.05, 4.69) is 31.6 Å². The molecule has 3 saturated heterocycles. The molecule has 0 atom stereocenters. The third-order valence-electron chi connectivity index (χ3n) is 9.66. The smallest absolute Gasteiger partial charge is 0.253 e. The van der Waals surface area contributed by atoms with Crippen molar-refractivity contribution >= 4 is 40.5 Å². The molecule has 2 aromatic carbocycles. The first-order chi connectivity index (χ1) is 20.9. The van der Waals surface area contributed by atoms with E-state index >= 15 is 0 Å². The van der Waals surface area contributed by atoms with E-state index in [1.54, 1.807) is 4.52 Å². The highest BCUT2D eigenvalue weighted by Crippen LogP contribution is 2.39. The van der Waals surface area contributed by atoms with Gasteiger partial charge in [-0.1, -0.05) is 23.7 Å². The van der Waals surface area contributed by atoms with Gasteiger partial charge >= 0.3 is 0 Å². The summed E-state index contributed by atoms with van der Waals surface area (Å²) in [6.07, 6.45) is 7.70. The number of pyridine rings is 1. The number of piperidine rings is 3. The predicted octanol–water partition coefficient (Wildman–Crippen LogP) is 5.22. The second kappa shape index (κ2) is 11.4. The van der Waals surface area contributed by atoms with Crippen molar-refractivity contribution in [1.82, 2.24) is 24.8 Å². The number of nitrogens with zero attached hydrogens (tertiary/aromatic N) is 5. The van der Waals surface area contributed by atoms with Gasteiger partial charge < -0.3 is 25.5 Å². The number of amides is 1. The molecule has 3 aliphatic heterocycles. The van der Waals surface area contributed by atoms with Crippen LogP contribution in [0.25, 0.3) is 5.65 Å². The largest absolute Gasteiger partial charge is 0.385 e. The summed E-state index contributed by atoms with van der Waals surface area (Å²) in [7, 11) is 0. The van der Waals surface area contributed by atoms with Crippen molar-refractivity contribution in [2.45, 2.75) is 44.1 Å². The highest BCUT2D eigenvalue weighted by atomic mass is 35.5. The van der Waals surface area contributed by atoms with E-state index < -0.39 is 5.60 Å². The Kier molecular flexibility index (Phi) is 7.49. The lowest BCUT2D eigenvalue weighted by atomic mass is 9.73. The summed E-state index contributed by atoms with van der Waals surface area (Å²) >= 11 is 6.05. The fourth-order valence-corrected chi connectivity index (χ4v) is 7.24. The van der Waals surface area contributed by atoms with Gasteiger partial charge in [0.05, 0.1) is 11.3 Å². The number of halogens is 1. The topological polar surface area (TPSA) is 98.0 Å². The molecule has 43 heavy (non-hydrogen) atoms. The third kappa shape index (κ3) is 5.69. The van der Waals surface area contributed by atoms with Gasteiger partial charge in [-0.2, -0.15) is 4.98 Å². The summed E-state index contributed by atoms with van der Waals surface area (Å²) in [4.78, 5) is 22.5. The zero-order valence-electron chi connectivity index (χ0n) is 24.3. The van der Waals surface area contributed by atoms with Crippen LogP contribution in [0.4, 0.5) is 17.3 Å². The van der Waals surface area contributed by atoms with Crippen molar-refractivity contribution in [2.75, 3.05) is 49.5 Å². The van der Waals surface area contributed by atoms with Crippen LogP contribution in [0.2, 0.25) is 5.02 Å². The number of carbonyl (C=O) groups excluding carboxylic acids is 1. The van der Waals surface area contributed by atoms with Crippen LogP contribution in [0.3, 0.4) is 0 Å². The number of hydrogen-bond donors (Lipinski definition) is 3. The Balaban J connectivity index is 1.02. The number of carbonyl (C=O) groups is 1. The van der Waals surface area contributed by atoms with Crippen LogP contribution >= 0.6 is 11.6 Å². The van der Waals surface area contributed by atoms with E-state index in [9.17, 15) is 9.90 Å². The molecule has 0 saturated carbocycles. The molecule has 5 heterocycles. The zero-order chi connectivity index (χ0) is 29.4. The molecule has 1 spiro atoms. The fraction of sp³-hybridized carbons (Fsp3) is 0.424. The molecule has 2 aromatic heterocycles. The van der Waals surface area contributed by atoms with Gasteiger partial charge in [-0.15, -0.1) is 5.10 Å². The maximum Gasteiger partial charge on any atom is 0.253 e. The van der Waals surface area contributed by atoms with Gasteiger partial charge in [0.2, 0.25) is 5.95 Å². The van der Waals surface area contributed by atoms with Crippen molar-refractivity contribution in [2.24, 2.45) is 5.41 Å². The molecule has 1 amide bonds. The molecule has 0 radical (unpaired) electrons. The molecule has 0 unspecified atom stereocenters. The summed E-state index contributed by atoms with van der Waals surface area (Å²) in [5, 5.41) is 23.4. The molecule has 7 rings (SSSR count). The minimum atomic E-state index is -0.872. The van der Waals surface area contributed by atoms with Crippen molar-refractivity contribution in [3.05, 3.63) is 83.0 Å². The number of nitrogens with one attached hydrogen (secondary N) is 2. The Labute approximate surface area is 256 Å². The molecule has 224 valence electrons. The molecule has 0 bridgehead atoms. The molecule has 0 aliphatic carbocycles. The Morgan fingerprint density at radius 1 is 0.930 bits per heavy atom. The van der Waals surface area contributed by atoms with E-state index in [-0.39, 0.29) is 11.3 Å². The van der Waals surface area contributed by atoms with E-state index in [0.717, 1.165) is 68.0 Å². The highest BCUT2D eigenvalue weighted by molar-refractivity contribution is 6.30. The lowest BCUT2D eigenvalue weighted by molar-refractivity contribution is 0.0118. The van der Waals surface area contributed by atoms with Crippen LogP contribution in [0.1, 0.15) is 54.4 Å². The van der Waals surface area contributed by atoms with Crippen LogP contribution < -0.4 is 15.5 Å². The number of aliphatic hydroxyl groups is 1. The summed E-state index contributed by atoms with van der Waals surface area (Å²) in [5.41, 5.74) is 3.58. The average molecular weight is 600 g/mol. The second-order valence-electron chi connectivity index (χ2n) is 12.4. The lowest BCUT2D eigenvalue weighted by Crippen LogP contribution is -2.50. The normalized spacial score (nSPS) is 20.0. The maximum atomic E-state index is 13.4. The summed E-state index contributed by atoms with van der Waals surface area (Å²) in [6, 6.07) is 19.1. The number of anilines is 3. The lowest BCUT2D eigenvalue weighted by Gasteiger charge is -2.45. The summed E-state index contributed by atoms with van der Waals surface area (Å²) in [5.74, 6) is 0.606. The number of hydrogen-bond acceptors (Lipinski definition) is 7. The summed E-state index contributed by atoms with van der Waals surface area (Å²) < 4.78 is 1.78. The molecule has 3 fully saturated rings. The predicted molar refractivity (Wildman–Crippen MR) is 169 cm³/mol. The average Bonchev–Trinajstić information content (AvgIpc) is 3.45. The first kappa shape index (κ1) is 28.1. The minimum Gasteiger partial charge on any atom is -0.385 e. The van der Waals surface area contributed by atoms with Crippen LogP contribution in [0.15, 0.2) is 66.9 Å². The van der Waals surface area contributed by atoms with Crippen LogP contribution in [0, 0.1) is 5.41 Å². The SMILES string of the molecule is O=C(c1ccc(Nc2nc3c(N4CCC(O)(c5ccc(Cl)cc5)CC4)cccn3n2)cc1)N1CCCC2(CCNCC2)C1. The minimum absolute atomic E-state index is 0.115. The van der Waals surface area contributed by atoms with E-state index in [4.69, 9.17) is 16.6 Å². The molecular weight excluding hydrogens is 562 g/mol. The Morgan fingerprint density at radius 3 is 2.42 bits per heavy atom. The first-order valence-electron chi connectivity index (χ1n) is 15.4. The number of rotatable bonds is 5. The van der Waals surface area contributed by atoms with Crippen molar-refractivity contribution < 1.29 is 9.90 Å². The number of benzene rings is 2. The maximum absolute atomic E-state index is 13.4. The van der Waals surface area contributed by atoms with Gasteiger partial charge in [-0.3, -0.25) is 4.79 Å². The molecule has 10 heteroatoms. The van der Waals surface area contributed by atoms with Gasteiger partial charge in [-0.05, 0) is 111 Å². The van der Waals surface area contributed by atoms with Gasteiger partial charge in [-0.25, -0.2) is 4.52 Å². The highest BCUT2D eigenvalue weighted by Gasteiger charge is 2.38. The van der Waals surface area contributed by atoms with Gasteiger partial charge in [0.15, 0.2) is 5.65 Å². The van der Waals surface area contributed by atoms with Gasteiger partial charge in [0.25, 0.3) is 5.91 Å². The Hall–Kier alpha value is -3.66. The van der Waals surface area contributed by atoms with E-state index in [1.165, 1.54) is 6.42 Å². The first-order valence-corrected chi connectivity index (χ1v) is 15.7. The molecule has 4 aromatic rings. The summed E-state index contributed by atoms with van der Waals surface area (Å²) in [6.45, 7) is 5.18. The Bertz CT molecular complexity index is 1580. The van der Waals surface area contributed by atoms with E-state index in [0.29, 0.717) is 42.5 Å². The fourth-order valence-electron chi connectivity index (χ4n) is 7.11. The second-order valence-corrected chi connectivity index (χ2v) is 12.8. The van der Waals surface area contributed by atoms with Crippen molar-refractivity contribution in [1.29, 1.82) is 0 Å². The zero-order valence-corrected chi connectivity index (χ0v) is 25.1. The third-order valence-corrected chi connectivity index (χ3v) is 9.91. The molecular formula is C33H38ClN7O2. The van der Waals surface area contributed by atoms with Crippen molar-refractivity contribution in [3.63, 3.8) is 0 Å². The number of aromatic nitrogens is 3. The molecule has 9 nitrogen and oxygen atoms in total. The standard InChI is InChI=1S/C33H38ClN7O2/c34-26-8-6-25(7-9-26)33(43)15-21-39(22-16-33)28-3-1-20-41-29(28)37-31(38-41)36-27-10-4-24(5-11-27)30(42)40-19-2-12-32(23-40)13-17-35-18-14-32/h1,3-11,20,35,43H,2,12-19,21-23H2,(H,36,38). The quantitative estimate of drug-likeness (QED) is 0.289. The number of likely N-dealkylation sites (tertiary alicyclic amines) is 1. The number of fused-ring (bicyclic) bond motifs is 1. The van der Waals surface area contributed by atoms with Crippen LogP contribution in [-0.2, 0) is 5.60 Å². The van der Waals surface area contributed by atoms with Crippen LogP contribution in [-0.4, -0.2) is 69.8 Å². The molecule has 3 N–H and O–H groups in total. The monoisotopic (exact) mass is 599 g/mol. The molecule has 3 aliphatic rings. The van der Waals surface area contributed by atoms with E-state index in [1.807, 2.05) is 60.8 Å². The Morgan fingerprint density at radius 2 is 1.67 bits per heavy atom.